The van der Waals surface area contributed by atoms with E-state index in [-0.39, 0.29) is 0 Å². The van der Waals surface area contributed by atoms with Gasteiger partial charge in [0, 0.05) is 108 Å². The SMILES string of the molecule is Cn1ccc2ccc(-c3cc(NCc4cncs4)cc4nccnc34)cc21.Cn1ccc2ccc(-c3cc(NCc4cnoc4)cc4nccnc34)cc21. The zero-order valence-electron chi connectivity index (χ0n) is 29.5. The first-order valence-electron chi connectivity index (χ1n) is 17.4. The lowest BCUT2D eigenvalue weighted by molar-refractivity contribution is 0.419. The molecule has 4 aromatic carbocycles. The summed E-state index contributed by atoms with van der Waals surface area (Å²) >= 11 is 1.65. The lowest BCUT2D eigenvalue weighted by Gasteiger charge is -2.11. The molecule has 0 spiro atoms. The normalized spacial score (nSPS) is 11.3. The van der Waals surface area contributed by atoms with Crippen molar-refractivity contribution in [2.24, 2.45) is 14.1 Å². The average molecular weight is 727 g/mol. The van der Waals surface area contributed by atoms with Crippen LogP contribution in [0.2, 0.25) is 0 Å². The Kier molecular flexibility index (Phi) is 8.69. The summed E-state index contributed by atoms with van der Waals surface area (Å²) in [6.07, 6.45) is 16.3. The molecule has 10 rings (SSSR count). The van der Waals surface area contributed by atoms with E-state index >= 15 is 0 Å². The van der Waals surface area contributed by atoms with E-state index < -0.39 is 0 Å². The first-order valence-corrected chi connectivity index (χ1v) is 18.3. The second kappa shape index (κ2) is 14.2. The first-order chi connectivity index (χ1) is 26.6. The standard InChI is InChI=1S/C21H17N5O.C21H17N5S/c1-26-7-4-15-2-3-16(8-20(15)26)18-9-17(24-11-14-12-25-27-13-14)10-19-21(18)23-6-5-22-19;1-26-7-4-14-2-3-15(8-20(14)26)18-9-16(25-12-17-11-22-13-27-17)10-19-21(18)24-6-5-23-19/h2-10,12-13,24H,11H2,1H3;2-11,13,25H,12H2,1H3. The van der Waals surface area contributed by atoms with Crippen LogP contribution in [0.15, 0.2) is 139 Å². The molecule has 11 nitrogen and oxygen atoms in total. The van der Waals surface area contributed by atoms with E-state index in [1.807, 2.05) is 23.8 Å². The molecule has 6 aromatic heterocycles. The zero-order valence-corrected chi connectivity index (χ0v) is 30.3. The van der Waals surface area contributed by atoms with Gasteiger partial charge >= 0.3 is 0 Å². The Morgan fingerprint density at radius 2 is 1.20 bits per heavy atom. The number of aryl methyl sites for hydroxylation is 2. The van der Waals surface area contributed by atoms with Crippen molar-refractivity contribution in [1.82, 2.24) is 39.2 Å². The quantitative estimate of drug-likeness (QED) is 0.158. The molecule has 264 valence electrons. The number of hydrogen-bond acceptors (Lipinski definition) is 10. The Hall–Kier alpha value is -6.92. The molecule has 54 heavy (non-hydrogen) atoms. The van der Waals surface area contributed by atoms with Crippen molar-refractivity contribution in [3.63, 3.8) is 0 Å². The van der Waals surface area contributed by atoms with Crippen LogP contribution in [0.1, 0.15) is 10.4 Å². The molecule has 0 aliphatic rings. The van der Waals surface area contributed by atoms with Gasteiger partial charge in [-0.25, -0.2) is 0 Å². The lowest BCUT2D eigenvalue weighted by atomic mass is 10.0. The highest BCUT2D eigenvalue weighted by Gasteiger charge is 2.12. The van der Waals surface area contributed by atoms with E-state index in [1.165, 1.54) is 26.7 Å². The van der Waals surface area contributed by atoms with Crippen LogP contribution in [0, 0.1) is 0 Å². The van der Waals surface area contributed by atoms with Gasteiger partial charge in [-0.1, -0.05) is 29.4 Å². The van der Waals surface area contributed by atoms with Crippen molar-refractivity contribution >= 4 is 66.6 Å². The Balaban J connectivity index is 0.000000142. The van der Waals surface area contributed by atoms with Crippen LogP contribution in [-0.2, 0) is 27.2 Å². The summed E-state index contributed by atoms with van der Waals surface area (Å²) < 4.78 is 9.16. The molecule has 6 heterocycles. The Bertz CT molecular complexity index is 2680. The maximum absolute atomic E-state index is 4.90. The lowest BCUT2D eigenvalue weighted by Crippen LogP contribution is -1.99. The van der Waals surface area contributed by atoms with Crippen molar-refractivity contribution in [3.8, 4) is 22.3 Å². The van der Waals surface area contributed by atoms with Crippen molar-refractivity contribution in [1.29, 1.82) is 0 Å². The Labute approximate surface area is 314 Å². The number of benzene rings is 4. The van der Waals surface area contributed by atoms with E-state index in [0.717, 1.165) is 67.8 Å². The molecule has 0 saturated heterocycles. The molecule has 0 radical (unpaired) electrons. The van der Waals surface area contributed by atoms with E-state index in [2.05, 4.69) is 137 Å². The number of rotatable bonds is 8. The fourth-order valence-electron chi connectivity index (χ4n) is 6.69. The number of aromatic nitrogens is 8. The summed E-state index contributed by atoms with van der Waals surface area (Å²) in [7, 11) is 4.12. The zero-order chi connectivity index (χ0) is 36.4. The fraction of sp³-hybridized carbons (Fsp3) is 0.0952. The van der Waals surface area contributed by atoms with Crippen LogP contribution in [0.5, 0.6) is 0 Å². The summed E-state index contributed by atoms with van der Waals surface area (Å²) in [6, 6.07) is 25.6. The van der Waals surface area contributed by atoms with Crippen LogP contribution < -0.4 is 10.6 Å². The number of fused-ring (bicyclic) bond motifs is 4. The van der Waals surface area contributed by atoms with Crippen molar-refractivity contribution in [3.05, 3.63) is 145 Å². The van der Waals surface area contributed by atoms with Crippen LogP contribution in [0.4, 0.5) is 11.4 Å². The monoisotopic (exact) mass is 726 g/mol. The third-order valence-corrected chi connectivity index (χ3v) is 10.3. The van der Waals surface area contributed by atoms with Crippen molar-refractivity contribution < 1.29 is 4.52 Å². The maximum atomic E-state index is 4.90. The van der Waals surface area contributed by atoms with Crippen molar-refractivity contribution in [2.45, 2.75) is 13.1 Å². The highest BCUT2D eigenvalue weighted by Crippen LogP contribution is 2.34. The second-order valence-electron chi connectivity index (χ2n) is 13.0. The van der Waals surface area contributed by atoms with Crippen LogP contribution in [0.25, 0.3) is 66.1 Å². The minimum absolute atomic E-state index is 0.631. The largest absolute Gasteiger partial charge is 0.381 e. The molecule has 2 N–H and O–H groups in total. The molecule has 0 atom stereocenters. The van der Waals surface area contributed by atoms with Gasteiger partial charge in [-0.15, -0.1) is 11.3 Å². The van der Waals surface area contributed by atoms with E-state index in [1.54, 1.807) is 48.6 Å². The van der Waals surface area contributed by atoms with Gasteiger partial charge in [-0.2, -0.15) is 0 Å². The van der Waals surface area contributed by atoms with Gasteiger partial charge in [0.25, 0.3) is 0 Å². The van der Waals surface area contributed by atoms with Crippen LogP contribution >= 0.6 is 11.3 Å². The third kappa shape index (κ3) is 6.61. The highest BCUT2D eigenvalue weighted by atomic mass is 32.1. The van der Waals surface area contributed by atoms with E-state index in [4.69, 9.17) is 4.52 Å². The molecule has 10 aromatic rings. The molecule has 0 fully saturated rings. The molecule has 0 unspecified atom stereocenters. The Morgan fingerprint density at radius 1 is 0.630 bits per heavy atom. The molecular formula is C42H34N10OS. The summed E-state index contributed by atoms with van der Waals surface area (Å²) in [5.74, 6) is 0. The van der Waals surface area contributed by atoms with Gasteiger partial charge in [0.1, 0.15) is 6.26 Å². The average Bonchev–Trinajstić information content (AvgIpc) is 4.06. The number of nitrogens with zero attached hydrogens (tertiary/aromatic N) is 8. The summed E-state index contributed by atoms with van der Waals surface area (Å²) in [5.41, 5.74) is 15.2. The predicted octanol–water partition coefficient (Wildman–Crippen LogP) is 9.25. The molecule has 0 aliphatic carbocycles. The molecule has 0 saturated carbocycles. The molecular weight excluding hydrogens is 693 g/mol. The second-order valence-corrected chi connectivity index (χ2v) is 14.0. The highest BCUT2D eigenvalue weighted by molar-refractivity contribution is 7.09. The molecule has 12 heteroatoms. The number of nitrogens with one attached hydrogen (secondary N) is 2. The molecule has 0 aliphatic heterocycles. The maximum Gasteiger partial charge on any atom is 0.128 e. The van der Waals surface area contributed by atoms with Crippen LogP contribution in [0.3, 0.4) is 0 Å². The summed E-state index contributed by atoms with van der Waals surface area (Å²) in [4.78, 5) is 23.5. The van der Waals surface area contributed by atoms with Gasteiger partial charge in [0.05, 0.1) is 40.3 Å². The molecule has 0 bridgehead atoms. The van der Waals surface area contributed by atoms with E-state index in [9.17, 15) is 0 Å². The topological polar surface area (TPSA) is 124 Å². The number of anilines is 2. The van der Waals surface area contributed by atoms with Crippen LogP contribution in [-0.4, -0.2) is 39.2 Å². The van der Waals surface area contributed by atoms with Gasteiger partial charge in [-0.3, -0.25) is 24.9 Å². The number of hydrogen-bond donors (Lipinski definition) is 2. The summed E-state index contributed by atoms with van der Waals surface area (Å²) in [6.45, 7) is 1.37. The van der Waals surface area contributed by atoms with Gasteiger partial charge in [0.2, 0.25) is 0 Å². The number of thiazole rings is 1. The van der Waals surface area contributed by atoms with Crippen molar-refractivity contribution in [2.75, 3.05) is 10.6 Å². The third-order valence-electron chi connectivity index (χ3n) is 9.48. The molecule has 0 amide bonds. The van der Waals surface area contributed by atoms with Gasteiger partial charge in [0.15, 0.2) is 0 Å². The van der Waals surface area contributed by atoms with Gasteiger partial charge in [-0.05, 0) is 70.4 Å². The predicted molar refractivity (Wildman–Crippen MR) is 216 cm³/mol. The fourth-order valence-corrected chi connectivity index (χ4v) is 7.22. The summed E-state index contributed by atoms with van der Waals surface area (Å²) in [5, 5.41) is 13.1. The minimum Gasteiger partial charge on any atom is -0.381 e. The minimum atomic E-state index is 0.631. The smallest absolute Gasteiger partial charge is 0.128 e. The van der Waals surface area contributed by atoms with E-state index in [0.29, 0.717) is 6.54 Å². The van der Waals surface area contributed by atoms with Gasteiger partial charge < -0.3 is 24.3 Å². The Morgan fingerprint density at radius 3 is 1.74 bits per heavy atom. The first kappa shape index (κ1) is 33.0.